The normalized spacial score (nSPS) is 18.0. The van der Waals surface area contributed by atoms with Crippen LogP contribution in [0.3, 0.4) is 0 Å². The molecule has 33 heavy (non-hydrogen) atoms. The van der Waals surface area contributed by atoms with Gasteiger partial charge in [0.2, 0.25) is 0 Å². The van der Waals surface area contributed by atoms with E-state index in [0.717, 1.165) is 20.0 Å². The average Bonchev–Trinajstić information content (AvgIpc) is 2.59. The summed E-state index contributed by atoms with van der Waals surface area (Å²) < 4.78 is 10.2. The fourth-order valence-electron chi connectivity index (χ4n) is 4.60. The Morgan fingerprint density at radius 1 is 0.879 bits per heavy atom. The summed E-state index contributed by atoms with van der Waals surface area (Å²) in [5.74, 6) is 0. The third-order valence-corrected chi connectivity index (χ3v) is 42.4. The van der Waals surface area contributed by atoms with Crippen LogP contribution in [-0.4, -0.2) is 98.1 Å². The first-order valence-electron chi connectivity index (χ1n) is 11.6. The summed E-state index contributed by atoms with van der Waals surface area (Å²) in [7, 11) is -4.41. The van der Waals surface area contributed by atoms with Gasteiger partial charge in [0.1, 0.15) is 24.7 Å². The molecule has 202 valence electrons. The molecule has 0 amide bonds. The standard InChI is InChI=1S/C18H49N5Si4.I5N/c1-24(2)22(25(3,4)5)14-12-20-16-19-17-21(18-20)13-15-23(26(6,7)8)27(9,10)11;1-4-6-5(2)3/h19,24H,12-18H2,1-11H3;. The van der Waals surface area contributed by atoms with Gasteiger partial charge in [-0.05, 0) is 13.1 Å². The van der Waals surface area contributed by atoms with Crippen LogP contribution >= 0.6 is 85.0 Å². The van der Waals surface area contributed by atoms with E-state index in [1.54, 1.807) is 0 Å². The predicted molar refractivity (Wildman–Crippen MR) is 206 cm³/mol. The van der Waals surface area contributed by atoms with E-state index in [-0.39, 0.29) is 17.1 Å². The van der Waals surface area contributed by atoms with Crippen LogP contribution < -0.4 is 5.32 Å². The summed E-state index contributed by atoms with van der Waals surface area (Å²) in [4.78, 5) is 5.23. The van der Waals surface area contributed by atoms with Crippen LogP contribution in [0.5, 0.6) is 0 Å². The fraction of sp³-hybridized carbons (Fsp3) is 1.00. The summed E-state index contributed by atoms with van der Waals surface area (Å²) >= 11 is 6.78. The second-order valence-electron chi connectivity index (χ2n) is 11.8. The van der Waals surface area contributed by atoms with E-state index >= 15 is 0 Å². The van der Waals surface area contributed by atoms with Gasteiger partial charge in [-0.3, -0.25) is 15.1 Å². The van der Waals surface area contributed by atoms with Gasteiger partial charge in [0.15, 0.2) is 0 Å². The fourth-order valence-corrected chi connectivity index (χ4v) is 58.7. The Labute approximate surface area is 257 Å². The van der Waals surface area contributed by atoms with E-state index < -0.39 is 45.8 Å². The van der Waals surface area contributed by atoms with Crippen LogP contribution in [0, 0.1) is 0 Å². The van der Waals surface area contributed by atoms with Crippen LogP contribution in [0.25, 0.3) is 0 Å². The average molecular weight is 1100 g/mol. The van der Waals surface area contributed by atoms with Crippen molar-refractivity contribution in [3.05, 3.63) is 0 Å². The monoisotopic (exact) mass is 1100 g/mol. The molecule has 0 radical (unpaired) electrons. The summed E-state index contributed by atoms with van der Waals surface area (Å²) in [5.41, 5.74) is 0. The van der Waals surface area contributed by atoms with Gasteiger partial charge in [0.25, 0.3) is 0 Å². The van der Waals surface area contributed by atoms with Crippen molar-refractivity contribution < 1.29 is 0 Å². The van der Waals surface area contributed by atoms with Crippen LogP contribution in [0.4, 0.5) is 0 Å². The van der Waals surface area contributed by atoms with Crippen LogP contribution in [0.15, 0.2) is 1.36 Å². The van der Waals surface area contributed by atoms with Crippen LogP contribution in [-0.2, 0) is 0 Å². The van der Waals surface area contributed by atoms with Gasteiger partial charge >= 0.3 is 86.4 Å². The van der Waals surface area contributed by atoms with E-state index in [4.69, 9.17) is 0 Å². The zero-order chi connectivity index (χ0) is 26.0. The van der Waals surface area contributed by atoms with Gasteiger partial charge < -0.3 is 8.46 Å². The SMILES string of the molecule is C[SiH](C)N(CCN1CNCN(CCN([Si](C)(C)C)[Si](C)(C)C)C1)[Si](C)(C)C.II=NI(I)I. The van der Waals surface area contributed by atoms with Crippen molar-refractivity contribution in [1.82, 2.24) is 23.6 Å². The van der Waals surface area contributed by atoms with Crippen molar-refractivity contribution in [2.75, 3.05) is 46.2 Å². The molecular weight excluding hydrogens is 1050 g/mol. The zero-order valence-electron chi connectivity index (χ0n) is 22.7. The van der Waals surface area contributed by atoms with Gasteiger partial charge in [-0.2, -0.15) is 0 Å². The van der Waals surface area contributed by atoms with E-state index in [2.05, 4.69) is 153 Å². The molecule has 0 aromatic carbocycles. The molecule has 0 unspecified atom stereocenters. The van der Waals surface area contributed by atoms with Gasteiger partial charge in [-0.25, -0.2) is 0 Å². The zero-order valence-corrected chi connectivity index (χ0v) is 37.6. The first-order valence-corrected chi connectivity index (χ1v) is 45.5. The first kappa shape index (κ1) is 37.1. The number of nitrogens with zero attached hydrogens (tertiary/aromatic N) is 5. The molecule has 0 aliphatic carbocycles. The molecule has 15 heteroatoms. The second-order valence-corrected chi connectivity index (χ2v) is 57.7. The third-order valence-electron chi connectivity index (χ3n) is 5.54. The van der Waals surface area contributed by atoms with Gasteiger partial charge in [-0.1, -0.05) is 72.0 Å². The molecule has 1 saturated heterocycles. The van der Waals surface area contributed by atoms with Crippen LogP contribution in [0.1, 0.15) is 0 Å². The Bertz CT molecular complexity index is 556. The molecule has 1 heterocycles. The number of rotatable bonds is 11. The summed E-state index contributed by atoms with van der Waals surface area (Å²) in [6.45, 7) is 35.6. The number of halogens is 5. The van der Waals surface area contributed by atoms with E-state index in [1.165, 1.54) is 26.2 Å². The maximum atomic E-state index is 4.35. The minimum absolute atomic E-state index is 0.217. The first-order chi connectivity index (χ1) is 14.9. The van der Waals surface area contributed by atoms with Gasteiger partial charge in [0, 0.05) is 13.1 Å². The second kappa shape index (κ2) is 17.7. The maximum absolute atomic E-state index is 4.35. The van der Waals surface area contributed by atoms with Crippen molar-refractivity contribution in [1.29, 1.82) is 0 Å². The minimum atomic E-state index is -1.25. The topological polar surface area (TPSA) is 37.4 Å². The molecule has 0 aromatic heterocycles. The molecule has 0 bridgehead atoms. The van der Waals surface area contributed by atoms with Crippen molar-refractivity contribution in [3.8, 4) is 0 Å². The van der Waals surface area contributed by atoms with Gasteiger partial charge in [-0.15, -0.1) is 0 Å². The van der Waals surface area contributed by atoms with Crippen LogP contribution in [0.2, 0.25) is 72.0 Å². The summed E-state index contributed by atoms with van der Waals surface area (Å²) in [6.07, 6.45) is 0. The van der Waals surface area contributed by atoms with E-state index in [0.29, 0.717) is 0 Å². The number of hydrogen-bond donors (Lipinski definition) is 1. The summed E-state index contributed by atoms with van der Waals surface area (Å²) in [5, 5.41) is 3.64. The van der Waals surface area contributed by atoms with E-state index in [9.17, 15) is 0 Å². The molecule has 0 saturated carbocycles. The molecule has 1 N–H and O–H groups in total. The Morgan fingerprint density at radius 2 is 1.33 bits per heavy atom. The molecule has 1 fully saturated rings. The summed E-state index contributed by atoms with van der Waals surface area (Å²) in [6, 6.07) is 0. The number of nitrogens with one attached hydrogen (secondary N) is 1. The molecule has 1 aliphatic heterocycles. The van der Waals surface area contributed by atoms with Crippen molar-refractivity contribution >= 4 is 119 Å². The Kier molecular flexibility index (Phi) is 19.9. The Balaban J connectivity index is 0.00000150. The van der Waals surface area contributed by atoms with Crippen molar-refractivity contribution in [2.45, 2.75) is 72.0 Å². The van der Waals surface area contributed by atoms with E-state index in [1.807, 2.05) is 0 Å². The molecule has 0 aromatic rings. The quantitative estimate of drug-likeness (QED) is 0.169. The van der Waals surface area contributed by atoms with Gasteiger partial charge in [0.05, 0.1) is 29.0 Å². The predicted octanol–water partition coefficient (Wildman–Crippen LogP) is 7.77. The molecular formula is C18H49I5N6Si4. The molecule has 0 atom stereocenters. The number of hydrogen-bond acceptors (Lipinski definition) is 6. The molecule has 6 nitrogen and oxygen atoms in total. The van der Waals surface area contributed by atoms with Crippen molar-refractivity contribution in [2.24, 2.45) is 1.36 Å². The molecule has 1 aliphatic rings. The van der Waals surface area contributed by atoms with Crippen molar-refractivity contribution in [3.63, 3.8) is 0 Å². The Hall–Kier alpha value is 4.12. The molecule has 0 spiro atoms. The Morgan fingerprint density at radius 3 is 1.64 bits per heavy atom. The third kappa shape index (κ3) is 17.4. The molecule has 1 rings (SSSR count).